The van der Waals surface area contributed by atoms with Gasteiger partial charge in [0.2, 0.25) is 0 Å². The van der Waals surface area contributed by atoms with Gasteiger partial charge in [0.15, 0.2) is 0 Å². The highest BCUT2D eigenvalue weighted by molar-refractivity contribution is 6.13. The number of hydrogen-bond acceptors (Lipinski definition) is 2. The molecular formula is C25H27N3O. The Morgan fingerprint density at radius 3 is 2.48 bits per heavy atom. The lowest BCUT2D eigenvalue weighted by atomic mass is 9.94. The van der Waals surface area contributed by atoms with E-state index in [2.05, 4.69) is 46.7 Å². The minimum Gasteiger partial charge on any atom is -0.322 e. The summed E-state index contributed by atoms with van der Waals surface area (Å²) < 4.78 is 0. The summed E-state index contributed by atoms with van der Waals surface area (Å²) in [6, 6.07) is 21.9. The van der Waals surface area contributed by atoms with Crippen LogP contribution in [0.4, 0.5) is 5.69 Å². The second-order valence-electron chi connectivity index (χ2n) is 6.59. The molecule has 1 amide bonds. The Balaban J connectivity index is 0.00000117. The van der Waals surface area contributed by atoms with Gasteiger partial charge in [-0.2, -0.15) is 5.10 Å². The number of carbonyl (C=O) groups is 1. The zero-order chi connectivity index (χ0) is 20.6. The Hall–Kier alpha value is -3.40. The Morgan fingerprint density at radius 1 is 1.00 bits per heavy atom. The maximum Gasteiger partial charge on any atom is 0.257 e. The monoisotopic (exact) mass is 385 g/mol. The lowest BCUT2D eigenvalue weighted by Crippen LogP contribution is -2.12. The molecule has 4 heteroatoms. The number of nitrogens with one attached hydrogen (secondary N) is 2. The van der Waals surface area contributed by atoms with Gasteiger partial charge in [0, 0.05) is 11.1 Å². The highest BCUT2D eigenvalue weighted by Gasteiger charge is 2.15. The third-order valence-electron chi connectivity index (χ3n) is 4.67. The van der Waals surface area contributed by atoms with E-state index in [1.165, 1.54) is 5.56 Å². The highest BCUT2D eigenvalue weighted by atomic mass is 16.1. The third kappa shape index (κ3) is 4.54. The lowest BCUT2D eigenvalue weighted by Gasteiger charge is -2.12. The van der Waals surface area contributed by atoms with E-state index in [1.807, 2.05) is 56.3 Å². The van der Waals surface area contributed by atoms with Gasteiger partial charge >= 0.3 is 0 Å². The molecular weight excluding hydrogens is 358 g/mol. The van der Waals surface area contributed by atoms with Gasteiger partial charge in [-0.15, -0.1) is 0 Å². The van der Waals surface area contributed by atoms with Crippen molar-refractivity contribution in [3.05, 3.63) is 84.1 Å². The molecule has 3 aromatic carbocycles. The molecule has 0 spiro atoms. The first-order valence-corrected chi connectivity index (χ1v) is 10.2. The molecule has 0 saturated heterocycles. The highest BCUT2D eigenvalue weighted by Crippen LogP contribution is 2.30. The predicted octanol–water partition coefficient (Wildman–Crippen LogP) is 6.46. The van der Waals surface area contributed by atoms with Crippen LogP contribution in [-0.2, 0) is 6.42 Å². The Bertz CT molecular complexity index is 1080. The summed E-state index contributed by atoms with van der Waals surface area (Å²) in [5.41, 5.74) is 5.60. The molecule has 1 aromatic heterocycles. The average molecular weight is 386 g/mol. The number of aromatic nitrogens is 2. The molecule has 4 aromatic rings. The van der Waals surface area contributed by atoms with Crippen LogP contribution in [0.5, 0.6) is 0 Å². The van der Waals surface area contributed by atoms with Crippen molar-refractivity contribution in [1.29, 1.82) is 0 Å². The topological polar surface area (TPSA) is 57.8 Å². The van der Waals surface area contributed by atoms with Crippen molar-refractivity contribution in [2.24, 2.45) is 0 Å². The van der Waals surface area contributed by atoms with Gasteiger partial charge in [-0.05, 0) is 47.4 Å². The SMILES string of the molecule is CC.CCCc1ccccc1-c1cc(C(=O)Nc2ccccc2)c2[nH]ncc2c1. The van der Waals surface area contributed by atoms with Crippen LogP contribution in [0, 0.1) is 0 Å². The molecule has 148 valence electrons. The van der Waals surface area contributed by atoms with E-state index < -0.39 is 0 Å². The molecule has 0 aliphatic heterocycles. The molecule has 4 nitrogen and oxygen atoms in total. The molecule has 0 atom stereocenters. The van der Waals surface area contributed by atoms with Gasteiger partial charge in [0.05, 0.1) is 17.3 Å². The molecule has 2 N–H and O–H groups in total. The van der Waals surface area contributed by atoms with E-state index in [1.54, 1.807) is 6.20 Å². The molecule has 0 radical (unpaired) electrons. The second-order valence-corrected chi connectivity index (χ2v) is 6.59. The number of H-pyrrole nitrogens is 1. The Labute approximate surface area is 172 Å². The first-order valence-electron chi connectivity index (χ1n) is 10.2. The zero-order valence-corrected chi connectivity index (χ0v) is 17.2. The molecule has 0 aliphatic carbocycles. The molecule has 0 aliphatic rings. The summed E-state index contributed by atoms with van der Waals surface area (Å²) in [6.45, 7) is 6.18. The van der Waals surface area contributed by atoms with Crippen molar-refractivity contribution < 1.29 is 4.79 Å². The number of amides is 1. The number of para-hydroxylation sites is 1. The minimum absolute atomic E-state index is 0.148. The number of benzene rings is 3. The third-order valence-corrected chi connectivity index (χ3v) is 4.67. The van der Waals surface area contributed by atoms with Crippen molar-refractivity contribution in [2.75, 3.05) is 5.32 Å². The van der Waals surface area contributed by atoms with Crippen LogP contribution in [-0.4, -0.2) is 16.1 Å². The van der Waals surface area contributed by atoms with Crippen LogP contribution in [0.3, 0.4) is 0 Å². The van der Waals surface area contributed by atoms with Crippen LogP contribution in [0.15, 0.2) is 72.9 Å². The molecule has 0 saturated carbocycles. The first kappa shape index (κ1) is 20.3. The minimum atomic E-state index is -0.148. The summed E-state index contributed by atoms with van der Waals surface area (Å²) >= 11 is 0. The van der Waals surface area contributed by atoms with Gasteiger partial charge in [-0.1, -0.05) is 69.7 Å². The fourth-order valence-corrected chi connectivity index (χ4v) is 3.40. The Kier molecular flexibility index (Phi) is 6.80. The largest absolute Gasteiger partial charge is 0.322 e. The molecule has 0 bridgehead atoms. The van der Waals surface area contributed by atoms with Crippen LogP contribution in [0.1, 0.15) is 43.1 Å². The van der Waals surface area contributed by atoms with E-state index >= 15 is 0 Å². The zero-order valence-electron chi connectivity index (χ0n) is 17.2. The van der Waals surface area contributed by atoms with Gasteiger partial charge in [0.25, 0.3) is 5.91 Å². The van der Waals surface area contributed by atoms with Crippen molar-refractivity contribution in [3.63, 3.8) is 0 Å². The maximum absolute atomic E-state index is 13.0. The second kappa shape index (κ2) is 9.69. The molecule has 0 unspecified atom stereocenters. The number of aromatic amines is 1. The van der Waals surface area contributed by atoms with Gasteiger partial charge < -0.3 is 5.32 Å². The lowest BCUT2D eigenvalue weighted by molar-refractivity contribution is 0.102. The number of hydrogen-bond donors (Lipinski definition) is 2. The standard InChI is InChI=1S/C23H21N3O.C2H6/c1-2-8-16-9-6-7-12-20(16)17-13-18-15-24-26-22(18)21(14-17)23(27)25-19-10-4-3-5-11-19;1-2/h3-7,9-15H,2,8H2,1H3,(H,24,26)(H,25,27);1-2H3. The van der Waals surface area contributed by atoms with E-state index in [-0.39, 0.29) is 5.91 Å². The van der Waals surface area contributed by atoms with E-state index in [9.17, 15) is 4.79 Å². The summed E-state index contributed by atoms with van der Waals surface area (Å²) in [5.74, 6) is -0.148. The van der Waals surface area contributed by atoms with Gasteiger partial charge in [-0.3, -0.25) is 9.89 Å². The van der Waals surface area contributed by atoms with E-state index in [0.29, 0.717) is 5.56 Å². The molecule has 1 heterocycles. The average Bonchev–Trinajstić information content (AvgIpc) is 3.24. The normalized spacial score (nSPS) is 10.3. The van der Waals surface area contributed by atoms with Crippen LogP contribution >= 0.6 is 0 Å². The molecule has 4 rings (SSSR count). The Morgan fingerprint density at radius 2 is 1.72 bits per heavy atom. The predicted molar refractivity (Wildman–Crippen MR) is 121 cm³/mol. The van der Waals surface area contributed by atoms with Crippen molar-refractivity contribution in [1.82, 2.24) is 10.2 Å². The van der Waals surface area contributed by atoms with E-state index in [0.717, 1.165) is 40.6 Å². The van der Waals surface area contributed by atoms with Crippen molar-refractivity contribution in [3.8, 4) is 11.1 Å². The number of aryl methyl sites for hydroxylation is 1. The van der Waals surface area contributed by atoms with Gasteiger partial charge in [-0.25, -0.2) is 0 Å². The molecule has 29 heavy (non-hydrogen) atoms. The van der Waals surface area contributed by atoms with Crippen molar-refractivity contribution >= 4 is 22.5 Å². The number of anilines is 1. The summed E-state index contributed by atoms with van der Waals surface area (Å²) in [5, 5.41) is 11.0. The molecule has 0 fully saturated rings. The number of nitrogens with zero attached hydrogens (tertiary/aromatic N) is 1. The fourth-order valence-electron chi connectivity index (χ4n) is 3.40. The van der Waals surface area contributed by atoms with Crippen LogP contribution in [0.25, 0.3) is 22.0 Å². The van der Waals surface area contributed by atoms with Crippen molar-refractivity contribution in [2.45, 2.75) is 33.6 Å². The summed E-state index contributed by atoms with van der Waals surface area (Å²) in [7, 11) is 0. The smallest absolute Gasteiger partial charge is 0.257 e. The van der Waals surface area contributed by atoms with Gasteiger partial charge in [0.1, 0.15) is 0 Å². The first-order chi connectivity index (χ1) is 14.3. The fraction of sp³-hybridized carbons (Fsp3) is 0.200. The number of fused-ring (bicyclic) bond motifs is 1. The summed E-state index contributed by atoms with van der Waals surface area (Å²) in [6.07, 6.45) is 3.85. The number of carbonyl (C=O) groups excluding carboxylic acids is 1. The maximum atomic E-state index is 13.0. The quantitative estimate of drug-likeness (QED) is 0.414. The summed E-state index contributed by atoms with van der Waals surface area (Å²) in [4.78, 5) is 13.0. The van der Waals surface area contributed by atoms with Crippen LogP contribution in [0.2, 0.25) is 0 Å². The number of rotatable bonds is 5. The van der Waals surface area contributed by atoms with Crippen LogP contribution < -0.4 is 5.32 Å². The van der Waals surface area contributed by atoms with E-state index in [4.69, 9.17) is 0 Å².